The maximum atomic E-state index is 12.5. The molecule has 0 aliphatic carbocycles. The molecule has 0 saturated carbocycles. The van der Waals surface area contributed by atoms with Gasteiger partial charge >= 0.3 is 5.97 Å². The Morgan fingerprint density at radius 2 is 1.63 bits per heavy atom. The SMILES string of the molecule is Cc1cc(C)c(NC(=O)[C@@H](C)OC(=O)c2ccc3c(c2)OCCO3)c(C)c1. The van der Waals surface area contributed by atoms with Crippen molar-refractivity contribution in [3.63, 3.8) is 0 Å². The Labute approximate surface area is 158 Å². The van der Waals surface area contributed by atoms with E-state index in [9.17, 15) is 9.59 Å². The van der Waals surface area contributed by atoms with Crippen LogP contribution in [0.25, 0.3) is 0 Å². The number of fused-ring (bicyclic) bond motifs is 1. The topological polar surface area (TPSA) is 73.9 Å². The summed E-state index contributed by atoms with van der Waals surface area (Å²) >= 11 is 0. The van der Waals surface area contributed by atoms with Crippen molar-refractivity contribution in [3.8, 4) is 11.5 Å². The van der Waals surface area contributed by atoms with E-state index in [1.54, 1.807) is 25.1 Å². The maximum Gasteiger partial charge on any atom is 0.339 e. The molecule has 0 saturated heterocycles. The second-order valence-electron chi connectivity index (χ2n) is 6.67. The largest absolute Gasteiger partial charge is 0.486 e. The number of hydrogen-bond donors (Lipinski definition) is 1. The normalized spacial score (nSPS) is 13.6. The van der Waals surface area contributed by atoms with Gasteiger partial charge in [0.25, 0.3) is 5.91 Å². The molecule has 0 bridgehead atoms. The summed E-state index contributed by atoms with van der Waals surface area (Å²) in [6.45, 7) is 8.32. The lowest BCUT2D eigenvalue weighted by atomic mass is 10.0. The minimum Gasteiger partial charge on any atom is -0.486 e. The molecule has 1 aliphatic heterocycles. The molecule has 1 aliphatic rings. The Bertz CT molecular complexity index is 867. The number of anilines is 1. The van der Waals surface area contributed by atoms with Crippen molar-refractivity contribution in [2.24, 2.45) is 0 Å². The second kappa shape index (κ2) is 7.70. The molecule has 2 aromatic carbocycles. The molecule has 1 heterocycles. The first-order chi connectivity index (χ1) is 12.8. The first-order valence-corrected chi connectivity index (χ1v) is 8.84. The fourth-order valence-electron chi connectivity index (χ4n) is 3.05. The van der Waals surface area contributed by atoms with Crippen LogP contribution in [0.3, 0.4) is 0 Å². The standard InChI is InChI=1S/C21H23NO5/c1-12-9-13(2)19(14(3)10-12)22-20(23)15(4)27-21(24)16-5-6-17-18(11-16)26-8-7-25-17/h5-6,9-11,15H,7-8H2,1-4H3,(H,22,23)/t15-/m1/s1. The molecule has 3 rings (SSSR count). The highest BCUT2D eigenvalue weighted by Crippen LogP contribution is 2.31. The van der Waals surface area contributed by atoms with Crippen LogP contribution < -0.4 is 14.8 Å². The molecular formula is C21H23NO5. The van der Waals surface area contributed by atoms with E-state index in [0.29, 0.717) is 30.3 Å². The van der Waals surface area contributed by atoms with Gasteiger partial charge in [-0.15, -0.1) is 0 Å². The number of carbonyl (C=O) groups excluding carboxylic acids is 2. The highest BCUT2D eigenvalue weighted by Gasteiger charge is 2.22. The minimum atomic E-state index is -0.939. The lowest BCUT2D eigenvalue weighted by Crippen LogP contribution is -2.30. The summed E-state index contributed by atoms with van der Waals surface area (Å²) in [5, 5.41) is 2.85. The molecule has 2 aromatic rings. The van der Waals surface area contributed by atoms with Crippen molar-refractivity contribution >= 4 is 17.6 Å². The smallest absolute Gasteiger partial charge is 0.339 e. The van der Waals surface area contributed by atoms with Crippen LogP contribution in [0.1, 0.15) is 34.0 Å². The molecule has 1 amide bonds. The lowest BCUT2D eigenvalue weighted by Gasteiger charge is -2.19. The summed E-state index contributed by atoms with van der Waals surface area (Å²) in [7, 11) is 0. The molecule has 0 radical (unpaired) electrons. The van der Waals surface area contributed by atoms with Gasteiger partial charge in [0.1, 0.15) is 13.2 Å². The molecular weight excluding hydrogens is 346 g/mol. The van der Waals surface area contributed by atoms with Gasteiger partial charge in [-0.3, -0.25) is 4.79 Å². The van der Waals surface area contributed by atoms with Gasteiger partial charge in [-0.2, -0.15) is 0 Å². The van der Waals surface area contributed by atoms with Crippen molar-refractivity contribution in [2.75, 3.05) is 18.5 Å². The molecule has 1 atom stereocenters. The molecule has 27 heavy (non-hydrogen) atoms. The zero-order valence-corrected chi connectivity index (χ0v) is 15.9. The number of rotatable bonds is 4. The predicted molar refractivity (Wildman–Crippen MR) is 102 cm³/mol. The Balaban J connectivity index is 1.67. The second-order valence-corrected chi connectivity index (χ2v) is 6.67. The number of esters is 1. The molecule has 0 spiro atoms. The summed E-state index contributed by atoms with van der Waals surface area (Å²) < 4.78 is 16.2. The van der Waals surface area contributed by atoms with E-state index in [4.69, 9.17) is 14.2 Å². The third-order valence-electron chi connectivity index (χ3n) is 4.36. The average molecular weight is 369 g/mol. The number of aryl methyl sites for hydroxylation is 3. The van der Waals surface area contributed by atoms with Gasteiger partial charge < -0.3 is 19.5 Å². The van der Waals surface area contributed by atoms with Gasteiger partial charge in [0, 0.05) is 5.69 Å². The molecule has 0 unspecified atom stereocenters. The van der Waals surface area contributed by atoms with E-state index in [1.807, 2.05) is 32.9 Å². The van der Waals surface area contributed by atoms with Gasteiger partial charge in [-0.1, -0.05) is 17.7 Å². The van der Waals surface area contributed by atoms with Crippen molar-refractivity contribution in [1.29, 1.82) is 0 Å². The van der Waals surface area contributed by atoms with E-state index in [0.717, 1.165) is 22.4 Å². The first kappa shape index (κ1) is 18.8. The highest BCUT2D eigenvalue weighted by molar-refractivity contribution is 5.98. The fourth-order valence-corrected chi connectivity index (χ4v) is 3.05. The van der Waals surface area contributed by atoms with Gasteiger partial charge in [0.05, 0.1) is 5.56 Å². The van der Waals surface area contributed by atoms with Crippen molar-refractivity contribution in [3.05, 3.63) is 52.6 Å². The van der Waals surface area contributed by atoms with Crippen molar-refractivity contribution in [1.82, 2.24) is 0 Å². The van der Waals surface area contributed by atoms with Crippen LogP contribution in [0.5, 0.6) is 11.5 Å². The molecule has 0 fully saturated rings. The van der Waals surface area contributed by atoms with E-state index in [2.05, 4.69) is 5.32 Å². The third kappa shape index (κ3) is 4.22. The van der Waals surface area contributed by atoms with Gasteiger partial charge in [-0.25, -0.2) is 4.79 Å². The summed E-state index contributed by atoms with van der Waals surface area (Å²) in [5.41, 5.74) is 4.10. The van der Waals surface area contributed by atoms with Gasteiger partial charge in [0.2, 0.25) is 0 Å². The Morgan fingerprint density at radius 3 is 2.30 bits per heavy atom. The van der Waals surface area contributed by atoms with Crippen LogP contribution in [0, 0.1) is 20.8 Å². The number of benzene rings is 2. The fraction of sp³-hybridized carbons (Fsp3) is 0.333. The number of ether oxygens (including phenoxy) is 3. The molecule has 142 valence electrons. The molecule has 0 aromatic heterocycles. The number of nitrogens with one attached hydrogen (secondary N) is 1. The highest BCUT2D eigenvalue weighted by atomic mass is 16.6. The van der Waals surface area contributed by atoms with E-state index < -0.39 is 12.1 Å². The molecule has 6 nitrogen and oxygen atoms in total. The summed E-state index contributed by atoms with van der Waals surface area (Å²) in [6.07, 6.45) is -0.939. The lowest BCUT2D eigenvalue weighted by molar-refractivity contribution is -0.123. The van der Waals surface area contributed by atoms with Crippen LogP contribution in [0.4, 0.5) is 5.69 Å². The summed E-state index contributed by atoms with van der Waals surface area (Å²) in [5.74, 6) is 0.121. The monoisotopic (exact) mass is 369 g/mol. The van der Waals surface area contributed by atoms with Gasteiger partial charge in [-0.05, 0) is 57.0 Å². The van der Waals surface area contributed by atoms with Crippen LogP contribution in [-0.2, 0) is 9.53 Å². The zero-order chi connectivity index (χ0) is 19.6. The predicted octanol–water partition coefficient (Wildman–Crippen LogP) is 3.57. The van der Waals surface area contributed by atoms with Crippen LogP contribution in [-0.4, -0.2) is 31.2 Å². The Hall–Kier alpha value is -3.02. The van der Waals surface area contributed by atoms with Crippen molar-refractivity contribution < 1.29 is 23.8 Å². The Morgan fingerprint density at radius 1 is 1.00 bits per heavy atom. The summed E-state index contributed by atoms with van der Waals surface area (Å²) in [6, 6.07) is 8.81. The average Bonchev–Trinajstić information content (AvgIpc) is 2.63. The van der Waals surface area contributed by atoms with Crippen LogP contribution >= 0.6 is 0 Å². The molecule has 1 N–H and O–H groups in total. The van der Waals surface area contributed by atoms with E-state index in [-0.39, 0.29) is 5.91 Å². The Kier molecular flexibility index (Phi) is 5.35. The van der Waals surface area contributed by atoms with Crippen molar-refractivity contribution in [2.45, 2.75) is 33.8 Å². The number of hydrogen-bond acceptors (Lipinski definition) is 5. The first-order valence-electron chi connectivity index (χ1n) is 8.84. The minimum absolute atomic E-state index is 0.307. The number of carbonyl (C=O) groups is 2. The third-order valence-corrected chi connectivity index (χ3v) is 4.36. The molecule has 6 heteroatoms. The zero-order valence-electron chi connectivity index (χ0n) is 15.9. The van der Waals surface area contributed by atoms with Gasteiger partial charge in [0.15, 0.2) is 17.6 Å². The quantitative estimate of drug-likeness (QED) is 0.834. The summed E-state index contributed by atoms with van der Waals surface area (Å²) in [4.78, 5) is 24.8. The van der Waals surface area contributed by atoms with E-state index >= 15 is 0 Å². The van der Waals surface area contributed by atoms with E-state index in [1.165, 1.54) is 0 Å². The van der Waals surface area contributed by atoms with Crippen LogP contribution in [0.15, 0.2) is 30.3 Å². The van der Waals surface area contributed by atoms with Crippen LogP contribution in [0.2, 0.25) is 0 Å². The maximum absolute atomic E-state index is 12.5. The number of amides is 1.